The van der Waals surface area contributed by atoms with Gasteiger partial charge in [-0.25, -0.2) is 4.68 Å². The standard InChI is InChI=1S/C17H22N4O2/c1-17(2,3)16-15(12-18)19-20-21(16)10-5-11-23-14-8-6-13(22-4)7-9-14/h6-9H,5,10-11H2,1-4H3. The number of methoxy groups -OCH3 is 1. The molecule has 2 rings (SSSR count). The van der Waals surface area contributed by atoms with Crippen molar-refractivity contribution in [1.82, 2.24) is 15.0 Å². The van der Waals surface area contributed by atoms with Crippen LogP contribution in [0.1, 0.15) is 38.6 Å². The third-order valence-corrected chi connectivity index (χ3v) is 3.39. The van der Waals surface area contributed by atoms with E-state index in [1.54, 1.807) is 11.8 Å². The van der Waals surface area contributed by atoms with E-state index in [2.05, 4.69) is 37.2 Å². The molecule has 0 fully saturated rings. The lowest BCUT2D eigenvalue weighted by Crippen LogP contribution is -2.20. The molecule has 0 aliphatic rings. The van der Waals surface area contributed by atoms with Gasteiger partial charge in [-0.3, -0.25) is 0 Å². The van der Waals surface area contributed by atoms with Gasteiger partial charge in [0.15, 0.2) is 5.69 Å². The molecule has 0 spiro atoms. The average Bonchev–Trinajstić information content (AvgIpc) is 2.95. The van der Waals surface area contributed by atoms with Gasteiger partial charge in [-0.1, -0.05) is 26.0 Å². The monoisotopic (exact) mass is 314 g/mol. The lowest BCUT2D eigenvalue weighted by Gasteiger charge is -2.19. The number of hydrogen-bond acceptors (Lipinski definition) is 5. The molecule has 1 heterocycles. The molecule has 0 N–H and O–H groups in total. The van der Waals surface area contributed by atoms with Gasteiger partial charge in [0.05, 0.1) is 19.4 Å². The van der Waals surface area contributed by atoms with Gasteiger partial charge in [0, 0.05) is 18.4 Å². The first-order chi connectivity index (χ1) is 11.0. The molecule has 0 unspecified atom stereocenters. The van der Waals surface area contributed by atoms with E-state index in [0.717, 1.165) is 23.6 Å². The molecule has 0 aliphatic carbocycles. The molecule has 0 radical (unpaired) electrons. The normalized spacial score (nSPS) is 11.1. The Hall–Kier alpha value is -2.55. The second kappa shape index (κ2) is 7.14. The zero-order chi connectivity index (χ0) is 16.9. The largest absolute Gasteiger partial charge is 0.497 e. The summed E-state index contributed by atoms with van der Waals surface area (Å²) in [7, 11) is 1.64. The Balaban J connectivity index is 1.91. The minimum absolute atomic E-state index is 0.175. The predicted octanol–water partition coefficient (Wildman–Crippen LogP) is 2.92. The number of nitrogens with zero attached hydrogens (tertiary/aromatic N) is 4. The second-order valence-corrected chi connectivity index (χ2v) is 6.25. The van der Waals surface area contributed by atoms with Crippen LogP contribution >= 0.6 is 0 Å². The first kappa shape index (κ1) is 16.8. The quantitative estimate of drug-likeness (QED) is 0.766. The van der Waals surface area contributed by atoms with Gasteiger partial charge in [0.2, 0.25) is 0 Å². The van der Waals surface area contributed by atoms with Crippen molar-refractivity contribution in [2.75, 3.05) is 13.7 Å². The fourth-order valence-electron chi connectivity index (χ4n) is 2.36. The molecular formula is C17H22N4O2. The Kier molecular flexibility index (Phi) is 5.22. The molecule has 1 aromatic heterocycles. The Morgan fingerprint density at radius 2 is 1.83 bits per heavy atom. The van der Waals surface area contributed by atoms with Crippen LogP contribution in [0, 0.1) is 11.3 Å². The molecule has 0 amide bonds. The number of aromatic nitrogens is 3. The van der Waals surface area contributed by atoms with Crippen molar-refractivity contribution < 1.29 is 9.47 Å². The van der Waals surface area contributed by atoms with Crippen molar-refractivity contribution in [2.24, 2.45) is 0 Å². The highest BCUT2D eigenvalue weighted by Gasteiger charge is 2.25. The topological polar surface area (TPSA) is 73.0 Å². The zero-order valence-electron chi connectivity index (χ0n) is 14.0. The number of ether oxygens (including phenoxy) is 2. The van der Waals surface area contributed by atoms with Crippen molar-refractivity contribution >= 4 is 0 Å². The summed E-state index contributed by atoms with van der Waals surface area (Å²) in [6.07, 6.45) is 0.781. The second-order valence-electron chi connectivity index (χ2n) is 6.25. The molecule has 6 heteroatoms. The molecule has 23 heavy (non-hydrogen) atoms. The highest BCUT2D eigenvalue weighted by atomic mass is 16.5. The molecule has 0 saturated heterocycles. The van der Waals surface area contributed by atoms with E-state index in [0.29, 0.717) is 18.8 Å². The van der Waals surface area contributed by atoms with Crippen LogP contribution in [0.2, 0.25) is 0 Å². The van der Waals surface area contributed by atoms with Crippen LogP contribution in [0.4, 0.5) is 0 Å². The third-order valence-electron chi connectivity index (χ3n) is 3.39. The number of rotatable bonds is 6. The Morgan fingerprint density at radius 3 is 2.39 bits per heavy atom. The fourth-order valence-corrected chi connectivity index (χ4v) is 2.36. The summed E-state index contributed by atoms with van der Waals surface area (Å²) in [5.41, 5.74) is 1.09. The first-order valence-electron chi connectivity index (χ1n) is 7.56. The van der Waals surface area contributed by atoms with Gasteiger partial charge in [0.1, 0.15) is 17.6 Å². The maximum Gasteiger partial charge on any atom is 0.186 e. The minimum atomic E-state index is -0.175. The molecule has 0 atom stereocenters. The van der Waals surface area contributed by atoms with Gasteiger partial charge in [-0.05, 0) is 24.3 Å². The zero-order valence-corrected chi connectivity index (χ0v) is 14.0. The van der Waals surface area contributed by atoms with E-state index in [-0.39, 0.29) is 5.41 Å². The smallest absolute Gasteiger partial charge is 0.186 e. The predicted molar refractivity (Wildman–Crippen MR) is 86.5 cm³/mol. The molecular weight excluding hydrogens is 292 g/mol. The summed E-state index contributed by atoms with van der Waals surface area (Å²) in [4.78, 5) is 0. The SMILES string of the molecule is COc1ccc(OCCCn2nnc(C#N)c2C(C)(C)C)cc1. The minimum Gasteiger partial charge on any atom is -0.497 e. The van der Waals surface area contributed by atoms with E-state index in [1.165, 1.54) is 0 Å². The van der Waals surface area contributed by atoms with Crippen molar-refractivity contribution in [1.29, 1.82) is 5.26 Å². The third kappa shape index (κ3) is 4.22. The van der Waals surface area contributed by atoms with E-state index in [9.17, 15) is 0 Å². The van der Waals surface area contributed by atoms with Crippen LogP contribution in [0.5, 0.6) is 11.5 Å². The molecule has 0 aliphatic heterocycles. The molecule has 122 valence electrons. The van der Waals surface area contributed by atoms with Crippen LogP contribution in [0.25, 0.3) is 0 Å². The lowest BCUT2D eigenvalue weighted by atomic mass is 9.90. The summed E-state index contributed by atoms with van der Waals surface area (Å²) >= 11 is 0. The van der Waals surface area contributed by atoms with E-state index in [1.807, 2.05) is 24.3 Å². The highest BCUT2D eigenvalue weighted by molar-refractivity contribution is 5.31. The van der Waals surface area contributed by atoms with Crippen LogP contribution < -0.4 is 9.47 Å². The van der Waals surface area contributed by atoms with E-state index in [4.69, 9.17) is 14.7 Å². The Labute approximate surface area is 136 Å². The maximum atomic E-state index is 9.16. The lowest BCUT2D eigenvalue weighted by molar-refractivity contribution is 0.294. The highest BCUT2D eigenvalue weighted by Crippen LogP contribution is 2.24. The molecule has 1 aromatic carbocycles. The maximum absolute atomic E-state index is 9.16. The summed E-state index contributed by atoms with van der Waals surface area (Å²) in [6, 6.07) is 9.60. The number of nitriles is 1. The van der Waals surface area contributed by atoms with Crippen molar-refractivity contribution in [3.8, 4) is 17.6 Å². The molecule has 6 nitrogen and oxygen atoms in total. The molecule has 0 bridgehead atoms. The number of hydrogen-bond donors (Lipinski definition) is 0. The number of benzene rings is 1. The van der Waals surface area contributed by atoms with Gasteiger partial charge >= 0.3 is 0 Å². The van der Waals surface area contributed by atoms with Crippen molar-refractivity contribution in [2.45, 2.75) is 39.2 Å². The fraction of sp³-hybridized carbons (Fsp3) is 0.471. The van der Waals surface area contributed by atoms with Crippen LogP contribution in [-0.2, 0) is 12.0 Å². The van der Waals surface area contributed by atoms with Crippen LogP contribution in [0.15, 0.2) is 24.3 Å². The summed E-state index contributed by atoms with van der Waals surface area (Å²) in [5, 5.41) is 17.2. The van der Waals surface area contributed by atoms with Gasteiger partial charge < -0.3 is 9.47 Å². The summed E-state index contributed by atoms with van der Waals surface area (Å²) < 4.78 is 12.6. The summed E-state index contributed by atoms with van der Waals surface area (Å²) in [6.45, 7) is 7.39. The van der Waals surface area contributed by atoms with Crippen molar-refractivity contribution in [3.63, 3.8) is 0 Å². The van der Waals surface area contributed by atoms with E-state index >= 15 is 0 Å². The molecule has 0 saturated carbocycles. The average molecular weight is 314 g/mol. The Bertz CT molecular complexity index is 678. The van der Waals surface area contributed by atoms with Crippen LogP contribution in [0.3, 0.4) is 0 Å². The van der Waals surface area contributed by atoms with Crippen molar-refractivity contribution in [3.05, 3.63) is 35.7 Å². The van der Waals surface area contributed by atoms with Crippen LogP contribution in [-0.4, -0.2) is 28.7 Å². The summed E-state index contributed by atoms with van der Waals surface area (Å²) in [5.74, 6) is 1.61. The first-order valence-corrected chi connectivity index (χ1v) is 7.56. The van der Waals surface area contributed by atoms with Gasteiger partial charge in [-0.2, -0.15) is 5.26 Å². The van der Waals surface area contributed by atoms with Gasteiger partial charge in [-0.15, -0.1) is 5.10 Å². The number of aryl methyl sites for hydroxylation is 1. The Morgan fingerprint density at radius 1 is 1.17 bits per heavy atom. The van der Waals surface area contributed by atoms with E-state index < -0.39 is 0 Å². The van der Waals surface area contributed by atoms with Gasteiger partial charge in [0.25, 0.3) is 0 Å². The molecule has 2 aromatic rings.